The predicted octanol–water partition coefficient (Wildman–Crippen LogP) is 1.83. The Hall–Kier alpha value is -2.35. The number of nitrogens with one attached hydrogen (secondary N) is 1. The Labute approximate surface area is 132 Å². The summed E-state index contributed by atoms with van der Waals surface area (Å²) in [6, 6.07) is 2.83. The number of aromatic nitrogens is 3. The first-order chi connectivity index (χ1) is 11.0. The molecular formula is C15H17F2N5O. The number of halogens is 2. The number of carbonyl (C=O) groups is 1. The first-order valence-electron chi connectivity index (χ1n) is 7.40. The smallest absolute Gasteiger partial charge is 0.241 e. The van der Waals surface area contributed by atoms with E-state index >= 15 is 0 Å². The third-order valence-corrected chi connectivity index (χ3v) is 4.13. The molecule has 1 aliphatic rings. The number of hydrogen-bond acceptors (Lipinski definition) is 4. The highest BCUT2D eigenvalue weighted by atomic mass is 19.1. The van der Waals surface area contributed by atoms with E-state index in [-0.39, 0.29) is 17.6 Å². The van der Waals surface area contributed by atoms with Gasteiger partial charge in [0.25, 0.3) is 0 Å². The van der Waals surface area contributed by atoms with E-state index in [1.807, 2.05) is 4.90 Å². The molecule has 2 unspecified atom stereocenters. The standard InChI is InChI=1S/C15H17F2N5O/c1-10(15(23)19-14-3-2-11(16)8-13(14)17)21-6-4-12(9-21)22-7-5-18-20-22/h2-3,5,7-8,10,12H,4,6,9H2,1H3,(H,19,23). The maximum atomic E-state index is 13.6. The monoisotopic (exact) mass is 321 g/mol. The average Bonchev–Trinajstić information content (AvgIpc) is 3.19. The fraction of sp³-hybridized carbons (Fsp3) is 0.400. The summed E-state index contributed by atoms with van der Waals surface area (Å²) in [5.74, 6) is -1.79. The second-order valence-electron chi connectivity index (χ2n) is 5.61. The third-order valence-electron chi connectivity index (χ3n) is 4.13. The van der Waals surface area contributed by atoms with E-state index in [0.717, 1.165) is 25.1 Å². The number of nitrogens with zero attached hydrogens (tertiary/aromatic N) is 4. The van der Waals surface area contributed by atoms with E-state index in [9.17, 15) is 13.6 Å². The topological polar surface area (TPSA) is 63.1 Å². The van der Waals surface area contributed by atoms with Crippen molar-refractivity contribution < 1.29 is 13.6 Å². The fourth-order valence-corrected chi connectivity index (χ4v) is 2.74. The van der Waals surface area contributed by atoms with Crippen LogP contribution in [0.3, 0.4) is 0 Å². The molecule has 2 heterocycles. The zero-order chi connectivity index (χ0) is 16.4. The van der Waals surface area contributed by atoms with Crippen LogP contribution in [0, 0.1) is 11.6 Å². The van der Waals surface area contributed by atoms with Gasteiger partial charge in [0.15, 0.2) is 0 Å². The molecule has 2 atom stereocenters. The van der Waals surface area contributed by atoms with E-state index in [1.165, 1.54) is 6.07 Å². The van der Waals surface area contributed by atoms with Crippen LogP contribution in [0.4, 0.5) is 14.5 Å². The molecule has 122 valence electrons. The molecule has 23 heavy (non-hydrogen) atoms. The lowest BCUT2D eigenvalue weighted by Crippen LogP contribution is -2.41. The number of anilines is 1. The zero-order valence-corrected chi connectivity index (χ0v) is 12.6. The van der Waals surface area contributed by atoms with Gasteiger partial charge in [0.1, 0.15) is 11.6 Å². The second kappa shape index (κ2) is 6.41. The van der Waals surface area contributed by atoms with Crippen molar-refractivity contribution in [2.75, 3.05) is 18.4 Å². The van der Waals surface area contributed by atoms with Crippen LogP contribution in [-0.2, 0) is 4.79 Å². The summed E-state index contributed by atoms with van der Waals surface area (Å²) < 4.78 is 28.3. The Morgan fingerprint density at radius 3 is 2.96 bits per heavy atom. The molecule has 0 spiro atoms. The maximum Gasteiger partial charge on any atom is 0.241 e. The van der Waals surface area contributed by atoms with Crippen molar-refractivity contribution in [1.29, 1.82) is 0 Å². The molecule has 0 bridgehead atoms. The van der Waals surface area contributed by atoms with Crippen LogP contribution in [0.15, 0.2) is 30.6 Å². The molecule has 3 rings (SSSR count). The van der Waals surface area contributed by atoms with Crippen molar-refractivity contribution in [1.82, 2.24) is 19.9 Å². The molecular weight excluding hydrogens is 304 g/mol. The molecule has 1 aromatic heterocycles. The predicted molar refractivity (Wildman–Crippen MR) is 79.7 cm³/mol. The van der Waals surface area contributed by atoms with Crippen LogP contribution in [0.2, 0.25) is 0 Å². The van der Waals surface area contributed by atoms with Crippen LogP contribution in [0.1, 0.15) is 19.4 Å². The van der Waals surface area contributed by atoms with Gasteiger partial charge in [-0.2, -0.15) is 0 Å². The number of benzene rings is 1. The summed E-state index contributed by atoms with van der Waals surface area (Å²) in [6.45, 7) is 3.18. The van der Waals surface area contributed by atoms with Crippen LogP contribution >= 0.6 is 0 Å². The molecule has 8 heteroatoms. The Morgan fingerprint density at radius 2 is 2.26 bits per heavy atom. The van der Waals surface area contributed by atoms with Gasteiger partial charge in [0.2, 0.25) is 5.91 Å². The molecule has 0 aliphatic carbocycles. The number of likely N-dealkylation sites (tertiary alicyclic amines) is 1. The molecule has 2 aromatic rings. The summed E-state index contributed by atoms with van der Waals surface area (Å²) in [5.41, 5.74) is -0.0183. The molecule has 1 amide bonds. The number of amides is 1. The van der Waals surface area contributed by atoms with Crippen molar-refractivity contribution >= 4 is 11.6 Å². The van der Waals surface area contributed by atoms with Crippen molar-refractivity contribution in [3.63, 3.8) is 0 Å². The van der Waals surface area contributed by atoms with Crippen molar-refractivity contribution in [3.05, 3.63) is 42.2 Å². The van der Waals surface area contributed by atoms with E-state index in [1.54, 1.807) is 24.0 Å². The lowest BCUT2D eigenvalue weighted by Gasteiger charge is -2.23. The van der Waals surface area contributed by atoms with E-state index < -0.39 is 17.7 Å². The molecule has 0 radical (unpaired) electrons. The number of rotatable bonds is 4. The summed E-state index contributed by atoms with van der Waals surface area (Å²) in [6.07, 6.45) is 4.29. The number of carbonyl (C=O) groups excluding carboxylic acids is 1. The van der Waals surface area contributed by atoms with Gasteiger partial charge >= 0.3 is 0 Å². The van der Waals surface area contributed by atoms with Gasteiger partial charge < -0.3 is 5.32 Å². The van der Waals surface area contributed by atoms with E-state index in [4.69, 9.17) is 0 Å². The van der Waals surface area contributed by atoms with Crippen LogP contribution in [0.5, 0.6) is 0 Å². The number of hydrogen-bond donors (Lipinski definition) is 1. The van der Waals surface area contributed by atoms with Gasteiger partial charge in [-0.3, -0.25) is 9.69 Å². The van der Waals surface area contributed by atoms with Gasteiger partial charge in [0, 0.05) is 25.4 Å². The van der Waals surface area contributed by atoms with Crippen molar-refractivity contribution in [2.45, 2.75) is 25.4 Å². The Balaban J connectivity index is 1.61. The van der Waals surface area contributed by atoms with Crippen molar-refractivity contribution in [2.24, 2.45) is 0 Å². The Kier molecular flexibility index (Phi) is 4.33. The van der Waals surface area contributed by atoms with Crippen LogP contribution in [-0.4, -0.2) is 44.9 Å². The average molecular weight is 321 g/mol. The summed E-state index contributed by atoms with van der Waals surface area (Å²) in [7, 11) is 0. The summed E-state index contributed by atoms with van der Waals surface area (Å²) >= 11 is 0. The van der Waals surface area contributed by atoms with Gasteiger partial charge in [-0.05, 0) is 25.5 Å². The second-order valence-corrected chi connectivity index (χ2v) is 5.61. The Morgan fingerprint density at radius 1 is 1.43 bits per heavy atom. The molecule has 1 fully saturated rings. The van der Waals surface area contributed by atoms with Gasteiger partial charge in [-0.1, -0.05) is 5.21 Å². The quantitative estimate of drug-likeness (QED) is 0.933. The van der Waals surface area contributed by atoms with Crippen LogP contribution in [0.25, 0.3) is 0 Å². The van der Waals surface area contributed by atoms with E-state index in [0.29, 0.717) is 6.54 Å². The van der Waals surface area contributed by atoms with Crippen LogP contribution < -0.4 is 5.32 Å². The molecule has 0 saturated carbocycles. The highest BCUT2D eigenvalue weighted by Gasteiger charge is 2.31. The molecule has 6 nitrogen and oxygen atoms in total. The molecule has 1 saturated heterocycles. The maximum absolute atomic E-state index is 13.6. The van der Waals surface area contributed by atoms with E-state index in [2.05, 4.69) is 15.6 Å². The van der Waals surface area contributed by atoms with Gasteiger partial charge in [0.05, 0.1) is 24.0 Å². The minimum Gasteiger partial charge on any atom is -0.322 e. The highest BCUT2D eigenvalue weighted by Crippen LogP contribution is 2.23. The molecule has 1 aliphatic heterocycles. The molecule has 1 aromatic carbocycles. The zero-order valence-electron chi connectivity index (χ0n) is 12.6. The lowest BCUT2D eigenvalue weighted by atomic mass is 10.2. The first-order valence-corrected chi connectivity index (χ1v) is 7.40. The first kappa shape index (κ1) is 15.5. The fourth-order valence-electron chi connectivity index (χ4n) is 2.74. The van der Waals surface area contributed by atoms with Gasteiger partial charge in [-0.15, -0.1) is 5.10 Å². The van der Waals surface area contributed by atoms with Gasteiger partial charge in [-0.25, -0.2) is 13.5 Å². The Bertz CT molecular complexity index is 691. The largest absolute Gasteiger partial charge is 0.322 e. The van der Waals surface area contributed by atoms with Crippen molar-refractivity contribution in [3.8, 4) is 0 Å². The minimum atomic E-state index is -0.785. The highest BCUT2D eigenvalue weighted by molar-refractivity contribution is 5.94. The molecule has 1 N–H and O–H groups in total. The normalized spacial score (nSPS) is 19.7. The lowest BCUT2D eigenvalue weighted by molar-refractivity contribution is -0.120. The third kappa shape index (κ3) is 3.37. The SMILES string of the molecule is CC(C(=O)Nc1ccc(F)cc1F)N1CCC(n2ccnn2)C1. The summed E-state index contributed by atoms with van der Waals surface area (Å²) in [4.78, 5) is 14.3. The summed E-state index contributed by atoms with van der Waals surface area (Å²) in [5, 5.41) is 10.3. The minimum absolute atomic E-state index is 0.0183.